The van der Waals surface area contributed by atoms with Crippen LogP contribution in [0.4, 0.5) is 41.1 Å². The molecule has 0 amide bonds. The van der Waals surface area contributed by atoms with Crippen molar-refractivity contribution in [1.82, 2.24) is 35.2 Å². The summed E-state index contributed by atoms with van der Waals surface area (Å²) in [5.74, 6) is 1.26. The van der Waals surface area contributed by atoms with Crippen molar-refractivity contribution in [3.8, 4) is 0 Å². The van der Waals surface area contributed by atoms with E-state index >= 15 is 0 Å². The molecule has 4 aromatic rings. The van der Waals surface area contributed by atoms with Crippen LogP contribution in [0.25, 0.3) is 12.2 Å². The van der Waals surface area contributed by atoms with Gasteiger partial charge in [0.1, 0.15) is 26.1 Å². The summed E-state index contributed by atoms with van der Waals surface area (Å²) in [7, 11) is -5.40. The van der Waals surface area contributed by atoms with Crippen LogP contribution in [0.2, 0.25) is 0 Å². The molecule has 26 heteroatoms. The van der Waals surface area contributed by atoms with Gasteiger partial charge in [0.15, 0.2) is 0 Å². The summed E-state index contributed by atoms with van der Waals surface area (Å²) in [6.07, 6.45) is 5.48. The average Bonchev–Trinajstić information content (AvgIpc) is 3.20. The number of aryl methyl sites for hydroxylation is 1. The van der Waals surface area contributed by atoms with Crippen molar-refractivity contribution >= 4 is 73.5 Å². The fraction of sp³-hybridized carbons (Fsp3) is 0.444. The number of nitrogens with one attached hydrogen (secondary N) is 6. The first kappa shape index (κ1) is 55.0. The molecule has 2 heterocycles. The van der Waals surface area contributed by atoms with E-state index in [-0.39, 0.29) is 118 Å². The van der Waals surface area contributed by atoms with E-state index in [1.165, 1.54) is 36.4 Å². The number of benzene rings is 2. The number of ether oxygens (including phenoxy) is 3. The molecule has 0 aliphatic heterocycles. The van der Waals surface area contributed by atoms with Crippen LogP contribution in [0.5, 0.6) is 0 Å². The molecule has 4 rings (SSSR count). The molecule has 22 nitrogen and oxygen atoms in total. The van der Waals surface area contributed by atoms with E-state index in [0.29, 0.717) is 83.9 Å². The van der Waals surface area contributed by atoms with E-state index < -0.39 is 30.0 Å². The SMILES string of the molecule is COCCCNc1nc(CCCNCO)nc(Nc2ccc(C=Cc3ccc(Nc4nc(NCCCOC)nc(NCCCOC)n4)cc3S(=O)(=O)[O-])c(S(=O)(=O)[O-])c2)n1.[Na+].[Na+]. The average molecular weight is 921 g/mol. The molecule has 7 N–H and O–H groups in total. The molecule has 0 aliphatic rings. The van der Waals surface area contributed by atoms with Crippen molar-refractivity contribution in [2.24, 2.45) is 0 Å². The Labute approximate surface area is 405 Å². The molecule has 328 valence electrons. The van der Waals surface area contributed by atoms with Gasteiger partial charge in [-0.2, -0.15) is 29.9 Å². The minimum absolute atomic E-state index is 0. The zero-order valence-corrected chi connectivity index (χ0v) is 41.1. The number of aliphatic hydroxyl groups excluding tert-OH is 1. The molecule has 0 fully saturated rings. The second-order valence-corrected chi connectivity index (χ2v) is 15.5. The van der Waals surface area contributed by atoms with Gasteiger partial charge >= 0.3 is 59.1 Å². The molecule has 0 saturated carbocycles. The van der Waals surface area contributed by atoms with Crippen LogP contribution in [0.3, 0.4) is 0 Å². The maximum Gasteiger partial charge on any atom is 1.00 e. The second-order valence-electron chi connectivity index (χ2n) is 12.8. The van der Waals surface area contributed by atoms with Crippen LogP contribution in [0.15, 0.2) is 46.2 Å². The summed E-state index contributed by atoms with van der Waals surface area (Å²) in [5.41, 5.74) is 0.144. The Morgan fingerprint density at radius 3 is 1.37 bits per heavy atom. The van der Waals surface area contributed by atoms with Crippen molar-refractivity contribution < 1.29 is 104 Å². The molecule has 0 bridgehead atoms. The number of methoxy groups -OCH3 is 3. The third-order valence-electron chi connectivity index (χ3n) is 8.13. The fourth-order valence-electron chi connectivity index (χ4n) is 5.33. The Bertz CT molecular complexity index is 2030. The monoisotopic (exact) mass is 920 g/mol. The summed E-state index contributed by atoms with van der Waals surface area (Å²) < 4.78 is 90.2. The number of hydrogen-bond donors (Lipinski definition) is 7. The quantitative estimate of drug-likeness (QED) is 0.00950. The molecule has 0 aliphatic carbocycles. The number of anilines is 7. The van der Waals surface area contributed by atoms with E-state index in [2.05, 4.69) is 61.8 Å². The van der Waals surface area contributed by atoms with Gasteiger partial charge in [-0.15, -0.1) is 0 Å². The molecule has 2 aromatic heterocycles. The van der Waals surface area contributed by atoms with E-state index in [0.717, 1.165) is 12.1 Å². The largest absolute Gasteiger partial charge is 1.00 e. The van der Waals surface area contributed by atoms with Crippen molar-refractivity contribution in [3.63, 3.8) is 0 Å². The zero-order valence-electron chi connectivity index (χ0n) is 35.4. The van der Waals surface area contributed by atoms with Crippen LogP contribution in [-0.4, -0.2) is 135 Å². The number of nitrogens with zero attached hydrogens (tertiary/aromatic N) is 6. The van der Waals surface area contributed by atoms with E-state index in [1.807, 2.05) is 0 Å². The summed E-state index contributed by atoms with van der Waals surface area (Å²) in [4.78, 5) is 25.0. The summed E-state index contributed by atoms with van der Waals surface area (Å²) >= 11 is 0. The van der Waals surface area contributed by atoms with Gasteiger partial charge in [-0.3, -0.25) is 5.32 Å². The van der Waals surface area contributed by atoms with Crippen LogP contribution < -0.4 is 91.0 Å². The molecular weight excluding hydrogens is 871 g/mol. The minimum atomic E-state index is -5.09. The second kappa shape index (κ2) is 28.6. The molecule has 2 aromatic carbocycles. The van der Waals surface area contributed by atoms with Gasteiger partial charge in [-0.25, -0.2) is 16.8 Å². The van der Waals surface area contributed by atoms with Crippen molar-refractivity contribution in [3.05, 3.63) is 53.3 Å². The van der Waals surface area contributed by atoms with Crippen LogP contribution in [-0.2, 0) is 40.9 Å². The maximum absolute atomic E-state index is 12.5. The standard InChI is InChI=1S/C36H52N12O10S2.2Na/c1-56-19-5-16-38-32-43-31(8-4-15-37-24-49)44-35(46-32)41-27-13-11-25(29(22-27)59(50,51)52)9-10-26-12-14-28(23-30(26)60(53,54)55)42-36-47-33(39-17-6-20-57-2)45-34(48-36)40-18-7-21-58-3;;/h9-14,22-23,37,49H,4-8,15-21,24H2,1-3H3,(H,50,51,52)(H,53,54,55)(H2,38,41,43,44,46)(H3,39,40,42,45,47,48);;/q;2*+1/p-2. The van der Waals surface area contributed by atoms with Crippen LogP contribution in [0.1, 0.15) is 42.6 Å². The van der Waals surface area contributed by atoms with Gasteiger partial charge in [0.2, 0.25) is 29.7 Å². The molecule has 0 spiro atoms. The number of rotatable bonds is 28. The molecular formula is C36H50N12Na2O10S2. The van der Waals surface area contributed by atoms with Gasteiger partial charge in [0.05, 0.1) is 16.5 Å². The zero-order chi connectivity index (χ0) is 43.4. The Hall–Kier alpha value is -3.18. The number of aliphatic hydroxyl groups is 1. The Balaban J connectivity index is 0.00000661. The number of hydrogen-bond acceptors (Lipinski definition) is 22. The Kier molecular flexibility index (Phi) is 25.3. The van der Waals surface area contributed by atoms with Gasteiger partial charge in [0.25, 0.3) is 0 Å². The van der Waals surface area contributed by atoms with Crippen molar-refractivity contribution in [2.75, 3.05) is 101 Å². The molecule has 0 atom stereocenters. The summed E-state index contributed by atoms with van der Waals surface area (Å²) in [5, 5.41) is 26.9. The van der Waals surface area contributed by atoms with E-state index in [1.54, 1.807) is 21.3 Å². The van der Waals surface area contributed by atoms with Crippen molar-refractivity contribution in [2.45, 2.75) is 41.9 Å². The molecule has 0 radical (unpaired) electrons. The molecule has 0 saturated heterocycles. The van der Waals surface area contributed by atoms with Gasteiger partial charge in [-0.05, 0) is 67.6 Å². The Morgan fingerprint density at radius 1 is 0.581 bits per heavy atom. The molecule has 62 heavy (non-hydrogen) atoms. The third-order valence-corrected chi connectivity index (χ3v) is 9.91. The topological polar surface area (TPSA) is 312 Å². The normalized spacial score (nSPS) is 11.5. The van der Waals surface area contributed by atoms with Crippen LogP contribution in [0, 0.1) is 0 Å². The predicted molar refractivity (Wildman–Crippen MR) is 222 cm³/mol. The third kappa shape index (κ3) is 19.3. The van der Waals surface area contributed by atoms with Crippen molar-refractivity contribution in [1.29, 1.82) is 0 Å². The van der Waals surface area contributed by atoms with Gasteiger partial charge < -0.3 is 55.0 Å². The van der Waals surface area contributed by atoms with Gasteiger partial charge in [0, 0.05) is 78.6 Å². The first-order valence-corrected chi connectivity index (χ1v) is 21.6. The predicted octanol–water partition coefficient (Wildman–Crippen LogP) is -3.65. The smallest absolute Gasteiger partial charge is 0.744 e. The fourth-order valence-corrected chi connectivity index (χ4v) is 6.72. The first-order chi connectivity index (χ1) is 28.8. The maximum atomic E-state index is 12.5. The van der Waals surface area contributed by atoms with E-state index in [4.69, 9.17) is 19.3 Å². The van der Waals surface area contributed by atoms with E-state index in [9.17, 15) is 25.9 Å². The summed E-state index contributed by atoms with van der Waals surface area (Å²) in [6.45, 7) is 3.36. The Morgan fingerprint density at radius 2 is 0.968 bits per heavy atom. The molecule has 0 unspecified atom stereocenters. The minimum Gasteiger partial charge on any atom is -0.744 e. The number of aromatic nitrogens is 6. The van der Waals surface area contributed by atoms with Crippen LogP contribution >= 0.6 is 0 Å². The summed E-state index contributed by atoms with van der Waals surface area (Å²) in [6, 6.07) is 7.80. The first-order valence-electron chi connectivity index (χ1n) is 18.8. The van der Waals surface area contributed by atoms with Gasteiger partial charge in [-0.1, -0.05) is 24.3 Å².